The predicted octanol–water partition coefficient (Wildman–Crippen LogP) is 4.91. The fourth-order valence-corrected chi connectivity index (χ4v) is 3.54. The van der Waals surface area contributed by atoms with Crippen LogP contribution >= 0.6 is 0 Å². The Hall–Kier alpha value is -1.98. The largest absolute Gasteiger partial charge is 0.416 e. The van der Waals surface area contributed by atoms with Gasteiger partial charge in [0.05, 0.1) is 16.9 Å². The molecule has 1 aromatic carbocycles. The summed E-state index contributed by atoms with van der Waals surface area (Å²) in [4.78, 5) is 0. The van der Waals surface area contributed by atoms with Gasteiger partial charge in [-0.25, -0.2) is 4.68 Å². The van der Waals surface area contributed by atoms with Crippen molar-refractivity contribution < 1.29 is 13.2 Å². The lowest BCUT2D eigenvalue weighted by molar-refractivity contribution is -0.137. The van der Waals surface area contributed by atoms with E-state index in [2.05, 4.69) is 5.32 Å². The number of hydrogen-bond acceptors (Lipinski definition) is 2. The highest BCUT2D eigenvalue weighted by Crippen LogP contribution is 2.41. The number of halogens is 3. The quantitative estimate of drug-likeness (QED) is 0.845. The average Bonchev–Trinajstić information content (AvgIpc) is 2.69. The van der Waals surface area contributed by atoms with Gasteiger partial charge in [0.2, 0.25) is 0 Å². The topological polar surface area (TPSA) is 29.9 Å². The molecule has 1 N–H and O–H groups in total. The second-order valence-electron chi connectivity index (χ2n) is 6.68. The number of aromatic nitrogens is 2. The highest BCUT2D eigenvalue weighted by atomic mass is 19.4. The first-order valence-corrected chi connectivity index (χ1v) is 8.57. The summed E-state index contributed by atoms with van der Waals surface area (Å²) in [6.07, 6.45) is 2.24. The minimum Gasteiger partial charge on any atom is -0.370 e. The van der Waals surface area contributed by atoms with E-state index in [1.807, 2.05) is 0 Å². The van der Waals surface area contributed by atoms with E-state index in [1.165, 1.54) is 24.1 Å². The summed E-state index contributed by atoms with van der Waals surface area (Å²) in [7, 11) is 0. The van der Waals surface area contributed by atoms with Crippen LogP contribution in [0.25, 0.3) is 5.69 Å². The fraction of sp³-hybridized carbons (Fsp3) is 0.500. The van der Waals surface area contributed by atoms with Gasteiger partial charge in [-0.1, -0.05) is 12.5 Å². The number of nitrogens with one attached hydrogen (secondary N) is 1. The summed E-state index contributed by atoms with van der Waals surface area (Å²) in [5.74, 6) is 1.35. The predicted molar refractivity (Wildman–Crippen MR) is 86.6 cm³/mol. The van der Waals surface area contributed by atoms with Gasteiger partial charge in [0.15, 0.2) is 0 Å². The summed E-state index contributed by atoms with van der Waals surface area (Å²) in [5.41, 5.74) is 2.13. The summed E-state index contributed by atoms with van der Waals surface area (Å²) in [6, 6.07) is 5.43. The first kappa shape index (κ1) is 15.5. The SMILES string of the molecule is FC(F)(F)c1cccc(-n2nc(C3CCC3)c3c2NCCCC3)c1. The molecule has 1 saturated carbocycles. The number of hydrogen-bond donors (Lipinski definition) is 1. The van der Waals surface area contributed by atoms with Gasteiger partial charge in [-0.15, -0.1) is 0 Å². The molecular formula is C18H20F3N3. The molecule has 0 spiro atoms. The van der Waals surface area contributed by atoms with Crippen LogP contribution in [0.15, 0.2) is 24.3 Å². The van der Waals surface area contributed by atoms with Crippen LogP contribution < -0.4 is 5.32 Å². The molecule has 128 valence electrons. The highest BCUT2D eigenvalue weighted by Gasteiger charge is 2.32. The van der Waals surface area contributed by atoms with Crippen LogP contribution in [0.5, 0.6) is 0 Å². The summed E-state index contributed by atoms with van der Waals surface area (Å²) in [6.45, 7) is 0.835. The molecule has 0 radical (unpaired) electrons. The lowest BCUT2D eigenvalue weighted by Crippen LogP contribution is -2.12. The van der Waals surface area contributed by atoms with E-state index in [4.69, 9.17) is 5.10 Å². The fourth-order valence-electron chi connectivity index (χ4n) is 3.54. The van der Waals surface area contributed by atoms with Crippen molar-refractivity contribution in [1.82, 2.24) is 9.78 Å². The summed E-state index contributed by atoms with van der Waals surface area (Å²) >= 11 is 0. The van der Waals surface area contributed by atoms with Gasteiger partial charge in [-0.05, 0) is 50.3 Å². The molecule has 0 unspecified atom stereocenters. The molecule has 0 bridgehead atoms. The van der Waals surface area contributed by atoms with Gasteiger partial charge in [0.25, 0.3) is 0 Å². The monoisotopic (exact) mass is 335 g/mol. The maximum atomic E-state index is 13.0. The minimum atomic E-state index is -4.34. The molecule has 1 aliphatic carbocycles. The maximum absolute atomic E-state index is 13.0. The summed E-state index contributed by atoms with van der Waals surface area (Å²) < 4.78 is 40.8. The number of rotatable bonds is 2. The molecule has 0 atom stereocenters. The van der Waals surface area contributed by atoms with Crippen LogP contribution in [0.1, 0.15) is 54.8 Å². The lowest BCUT2D eigenvalue weighted by Gasteiger charge is -2.24. The van der Waals surface area contributed by atoms with E-state index in [9.17, 15) is 13.2 Å². The van der Waals surface area contributed by atoms with E-state index < -0.39 is 11.7 Å². The third kappa shape index (κ3) is 2.68. The van der Waals surface area contributed by atoms with Crippen molar-refractivity contribution in [3.05, 3.63) is 41.1 Å². The van der Waals surface area contributed by atoms with Gasteiger partial charge < -0.3 is 5.32 Å². The number of fused-ring (bicyclic) bond motifs is 1. The number of benzene rings is 1. The number of anilines is 1. The Bertz CT molecular complexity index is 744. The normalized spacial score (nSPS) is 18.5. The first-order chi connectivity index (χ1) is 11.5. The molecular weight excluding hydrogens is 315 g/mol. The standard InChI is InChI=1S/C18H20F3N3/c19-18(20,21)13-7-4-8-14(11-13)24-17-15(9-1-2-10-22-17)16(23-24)12-5-3-6-12/h4,7-8,11-12,22H,1-3,5-6,9-10H2. The van der Waals surface area contributed by atoms with Crippen molar-refractivity contribution in [1.29, 1.82) is 0 Å². The van der Waals surface area contributed by atoms with Crippen LogP contribution in [0.3, 0.4) is 0 Å². The molecule has 2 aliphatic rings. The second-order valence-corrected chi connectivity index (χ2v) is 6.68. The smallest absolute Gasteiger partial charge is 0.370 e. The Labute approximate surface area is 138 Å². The van der Waals surface area contributed by atoms with Gasteiger partial charge in [-0.3, -0.25) is 0 Å². The lowest BCUT2D eigenvalue weighted by atomic mass is 9.81. The average molecular weight is 335 g/mol. The molecule has 0 amide bonds. The Balaban J connectivity index is 1.82. The zero-order valence-electron chi connectivity index (χ0n) is 13.4. The van der Waals surface area contributed by atoms with Crippen LogP contribution in [0.4, 0.5) is 19.0 Å². The van der Waals surface area contributed by atoms with Gasteiger partial charge in [0, 0.05) is 18.0 Å². The van der Waals surface area contributed by atoms with Crippen molar-refractivity contribution >= 4 is 5.82 Å². The van der Waals surface area contributed by atoms with E-state index >= 15 is 0 Å². The molecule has 2 heterocycles. The maximum Gasteiger partial charge on any atom is 0.416 e. The molecule has 1 aliphatic heterocycles. The third-order valence-corrected chi connectivity index (χ3v) is 5.07. The van der Waals surface area contributed by atoms with Crippen molar-refractivity contribution in [3.8, 4) is 5.69 Å². The van der Waals surface area contributed by atoms with Crippen LogP contribution in [-0.2, 0) is 12.6 Å². The van der Waals surface area contributed by atoms with E-state index in [0.717, 1.165) is 56.2 Å². The van der Waals surface area contributed by atoms with Gasteiger partial charge >= 0.3 is 6.18 Å². The molecule has 1 aromatic heterocycles. The van der Waals surface area contributed by atoms with Crippen LogP contribution in [0.2, 0.25) is 0 Å². The zero-order chi connectivity index (χ0) is 16.7. The summed E-state index contributed by atoms with van der Waals surface area (Å²) in [5, 5.41) is 8.13. The van der Waals surface area contributed by atoms with Crippen molar-refractivity contribution in [2.24, 2.45) is 0 Å². The van der Waals surface area contributed by atoms with Crippen LogP contribution in [-0.4, -0.2) is 16.3 Å². The minimum absolute atomic E-state index is 0.464. The van der Waals surface area contributed by atoms with E-state index in [0.29, 0.717) is 11.6 Å². The Morgan fingerprint density at radius 1 is 1.12 bits per heavy atom. The zero-order valence-corrected chi connectivity index (χ0v) is 13.4. The Morgan fingerprint density at radius 2 is 1.96 bits per heavy atom. The number of nitrogens with zero attached hydrogens (tertiary/aromatic N) is 2. The molecule has 4 rings (SSSR count). The Kier molecular flexibility index (Phi) is 3.77. The van der Waals surface area contributed by atoms with Gasteiger partial charge in [-0.2, -0.15) is 18.3 Å². The van der Waals surface area contributed by atoms with E-state index in [1.54, 1.807) is 10.7 Å². The molecule has 24 heavy (non-hydrogen) atoms. The highest BCUT2D eigenvalue weighted by molar-refractivity contribution is 5.55. The first-order valence-electron chi connectivity index (χ1n) is 8.57. The molecule has 1 fully saturated rings. The Morgan fingerprint density at radius 3 is 2.67 bits per heavy atom. The van der Waals surface area contributed by atoms with Crippen molar-refractivity contribution in [2.45, 2.75) is 50.6 Å². The van der Waals surface area contributed by atoms with E-state index in [-0.39, 0.29) is 0 Å². The van der Waals surface area contributed by atoms with Crippen LogP contribution in [0, 0.1) is 0 Å². The molecule has 2 aromatic rings. The molecule has 0 saturated heterocycles. The van der Waals surface area contributed by atoms with Crippen molar-refractivity contribution in [2.75, 3.05) is 11.9 Å². The second kappa shape index (κ2) is 5.83. The molecule has 3 nitrogen and oxygen atoms in total. The number of alkyl halides is 3. The van der Waals surface area contributed by atoms with Gasteiger partial charge in [0.1, 0.15) is 5.82 Å². The van der Waals surface area contributed by atoms with Crippen molar-refractivity contribution in [3.63, 3.8) is 0 Å². The third-order valence-electron chi connectivity index (χ3n) is 5.07. The molecule has 6 heteroatoms.